The van der Waals surface area contributed by atoms with Crippen molar-refractivity contribution in [2.75, 3.05) is 18.4 Å². The van der Waals surface area contributed by atoms with Crippen LogP contribution in [0.1, 0.15) is 19.8 Å². The molecule has 0 radical (unpaired) electrons. The van der Waals surface area contributed by atoms with E-state index < -0.39 is 11.4 Å². The predicted octanol–water partition coefficient (Wildman–Crippen LogP) is 3.01. The maximum Gasteiger partial charge on any atom is 0.321 e. The monoisotopic (exact) mass is 388 g/mol. The zero-order chi connectivity index (χ0) is 14.8. The Labute approximate surface area is 131 Å². The molecule has 1 aromatic rings. The number of likely N-dealkylation sites (tertiary alicyclic amines) is 1. The van der Waals surface area contributed by atoms with E-state index in [1.165, 1.54) is 0 Å². The number of amides is 2. The van der Waals surface area contributed by atoms with Gasteiger partial charge in [0.05, 0.1) is 5.41 Å². The molecule has 6 heteroatoms. The normalized spacial score (nSPS) is 21.8. The van der Waals surface area contributed by atoms with Gasteiger partial charge in [-0.2, -0.15) is 0 Å². The van der Waals surface area contributed by atoms with Crippen molar-refractivity contribution < 1.29 is 14.7 Å². The van der Waals surface area contributed by atoms with Crippen LogP contribution in [0.15, 0.2) is 24.3 Å². The Morgan fingerprint density at radius 1 is 1.40 bits per heavy atom. The van der Waals surface area contributed by atoms with Crippen LogP contribution >= 0.6 is 22.6 Å². The van der Waals surface area contributed by atoms with Crippen molar-refractivity contribution in [1.29, 1.82) is 0 Å². The van der Waals surface area contributed by atoms with Crippen LogP contribution in [-0.4, -0.2) is 35.1 Å². The maximum atomic E-state index is 12.1. The smallest absolute Gasteiger partial charge is 0.321 e. The molecule has 1 unspecified atom stereocenters. The fourth-order valence-corrected chi connectivity index (χ4v) is 2.76. The molecule has 1 heterocycles. The lowest BCUT2D eigenvalue weighted by molar-refractivity contribution is -0.148. The number of benzene rings is 1. The Morgan fingerprint density at radius 3 is 2.55 bits per heavy atom. The van der Waals surface area contributed by atoms with Crippen LogP contribution in [0, 0.1) is 8.99 Å². The molecule has 0 aromatic heterocycles. The first-order chi connectivity index (χ1) is 9.47. The Balaban J connectivity index is 2.01. The number of carboxylic acids is 1. The minimum atomic E-state index is -0.815. The van der Waals surface area contributed by atoms with E-state index in [1.807, 2.05) is 31.2 Å². The van der Waals surface area contributed by atoms with Gasteiger partial charge in [0, 0.05) is 22.3 Å². The number of carbonyl (C=O) groups is 2. The van der Waals surface area contributed by atoms with E-state index in [1.54, 1.807) is 4.90 Å². The molecule has 0 aliphatic carbocycles. The van der Waals surface area contributed by atoms with Crippen LogP contribution in [0.3, 0.4) is 0 Å². The first kappa shape index (κ1) is 15.1. The van der Waals surface area contributed by atoms with Crippen molar-refractivity contribution in [3.8, 4) is 0 Å². The molecule has 1 aromatic carbocycles. The number of urea groups is 1. The number of anilines is 1. The van der Waals surface area contributed by atoms with Gasteiger partial charge < -0.3 is 15.3 Å². The summed E-state index contributed by atoms with van der Waals surface area (Å²) < 4.78 is 1.10. The summed E-state index contributed by atoms with van der Waals surface area (Å²) in [4.78, 5) is 25.1. The quantitative estimate of drug-likeness (QED) is 0.783. The summed E-state index contributed by atoms with van der Waals surface area (Å²) in [6.07, 6.45) is 1.05. The molecule has 1 aliphatic rings. The van der Waals surface area contributed by atoms with Crippen molar-refractivity contribution in [2.45, 2.75) is 19.8 Å². The van der Waals surface area contributed by atoms with Gasteiger partial charge in [-0.3, -0.25) is 4.79 Å². The number of carbonyl (C=O) groups excluding carboxylic acids is 1. The number of hydrogen-bond acceptors (Lipinski definition) is 2. The molecule has 2 N–H and O–H groups in total. The minimum Gasteiger partial charge on any atom is -0.481 e. The maximum absolute atomic E-state index is 12.1. The topological polar surface area (TPSA) is 69.6 Å². The highest BCUT2D eigenvalue weighted by Crippen LogP contribution is 2.34. The zero-order valence-electron chi connectivity index (χ0n) is 11.2. The predicted molar refractivity (Wildman–Crippen MR) is 84.7 cm³/mol. The van der Waals surface area contributed by atoms with E-state index >= 15 is 0 Å². The molecule has 2 rings (SSSR count). The standard InChI is InChI=1S/C14H17IN2O3/c1-2-14(12(18)19)7-8-17(9-14)13(20)16-11-5-3-10(15)4-6-11/h3-6H,2,7-9H2,1H3,(H,16,20)(H,18,19). The van der Waals surface area contributed by atoms with E-state index in [9.17, 15) is 14.7 Å². The third kappa shape index (κ3) is 3.05. The van der Waals surface area contributed by atoms with Crippen LogP contribution in [0.2, 0.25) is 0 Å². The molecule has 1 atom stereocenters. The van der Waals surface area contributed by atoms with Gasteiger partial charge in [0.25, 0.3) is 0 Å². The molecule has 1 aliphatic heterocycles. The van der Waals surface area contributed by atoms with Gasteiger partial charge in [0.1, 0.15) is 0 Å². The van der Waals surface area contributed by atoms with Crippen molar-refractivity contribution in [3.05, 3.63) is 27.8 Å². The first-order valence-corrected chi connectivity index (χ1v) is 7.59. The number of hydrogen-bond donors (Lipinski definition) is 2. The summed E-state index contributed by atoms with van der Waals surface area (Å²) in [5.74, 6) is -0.815. The molecule has 1 fully saturated rings. The number of halogens is 1. The summed E-state index contributed by atoms with van der Waals surface area (Å²) in [6, 6.07) is 7.25. The van der Waals surface area contributed by atoms with Crippen molar-refractivity contribution >= 4 is 40.3 Å². The van der Waals surface area contributed by atoms with Crippen LogP contribution < -0.4 is 5.32 Å². The summed E-state index contributed by atoms with van der Waals surface area (Å²) in [7, 11) is 0. The fraction of sp³-hybridized carbons (Fsp3) is 0.429. The second-order valence-corrected chi connectivity index (χ2v) is 6.29. The van der Waals surface area contributed by atoms with Crippen molar-refractivity contribution in [2.24, 2.45) is 5.41 Å². The van der Waals surface area contributed by atoms with Gasteiger partial charge in [-0.1, -0.05) is 6.92 Å². The van der Waals surface area contributed by atoms with Gasteiger partial charge in [0.2, 0.25) is 0 Å². The van der Waals surface area contributed by atoms with E-state index in [2.05, 4.69) is 27.9 Å². The third-order valence-electron chi connectivity index (χ3n) is 3.87. The summed E-state index contributed by atoms with van der Waals surface area (Å²) >= 11 is 2.20. The molecule has 20 heavy (non-hydrogen) atoms. The van der Waals surface area contributed by atoms with Gasteiger partial charge >= 0.3 is 12.0 Å². The van der Waals surface area contributed by atoms with Gasteiger partial charge in [-0.05, 0) is 59.7 Å². The number of carboxylic acid groups (broad SMARTS) is 1. The molecule has 108 valence electrons. The Bertz CT molecular complexity index is 518. The van der Waals surface area contributed by atoms with Crippen LogP contribution in [-0.2, 0) is 4.79 Å². The Hall–Kier alpha value is -1.31. The zero-order valence-corrected chi connectivity index (χ0v) is 13.4. The summed E-state index contributed by atoms with van der Waals surface area (Å²) in [6.45, 7) is 2.61. The van der Waals surface area contributed by atoms with E-state index in [-0.39, 0.29) is 12.6 Å². The molecule has 2 amide bonds. The molecule has 0 spiro atoms. The van der Waals surface area contributed by atoms with E-state index in [4.69, 9.17) is 0 Å². The SMILES string of the molecule is CCC1(C(=O)O)CCN(C(=O)Nc2ccc(I)cc2)C1. The van der Waals surface area contributed by atoms with Crippen LogP contribution in [0.5, 0.6) is 0 Å². The highest BCUT2D eigenvalue weighted by molar-refractivity contribution is 14.1. The molecule has 0 saturated carbocycles. The Morgan fingerprint density at radius 2 is 2.05 bits per heavy atom. The highest BCUT2D eigenvalue weighted by Gasteiger charge is 2.44. The van der Waals surface area contributed by atoms with Gasteiger partial charge in [-0.25, -0.2) is 4.79 Å². The minimum absolute atomic E-state index is 0.234. The summed E-state index contributed by atoms with van der Waals surface area (Å²) in [5, 5.41) is 12.1. The van der Waals surface area contributed by atoms with Crippen LogP contribution in [0.25, 0.3) is 0 Å². The van der Waals surface area contributed by atoms with E-state index in [0.29, 0.717) is 19.4 Å². The summed E-state index contributed by atoms with van der Waals surface area (Å²) in [5.41, 5.74) is -0.0663. The second-order valence-electron chi connectivity index (χ2n) is 5.05. The second kappa shape index (κ2) is 5.99. The average Bonchev–Trinajstić information content (AvgIpc) is 2.87. The lowest BCUT2D eigenvalue weighted by Crippen LogP contribution is -2.38. The number of rotatable bonds is 3. The number of aliphatic carboxylic acids is 1. The number of nitrogens with zero attached hydrogens (tertiary/aromatic N) is 1. The Kier molecular flexibility index (Phi) is 4.52. The average molecular weight is 388 g/mol. The third-order valence-corrected chi connectivity index (χ3v) is 4.59. The highest BCUT2D eigenvalue weighted by atomic mass is 127. The van der Waals surface area contributed by atoms with E-state index in [0.717, 1.165) is 9.26 Å². The number of nitrogens with one attached hydrogen (secondary N) is 1. The largest absolute Gasteiger partial charge is 0.481 e. The molecular formula is C14H17IN2O3. The van der Waals surface area contributed by atoms with Crippen LogP contribution in [0.4, 0.5) is 10.5 Å². The van der Waals surface area contributed by atoms with Gasteiger partial charge in [-0.15, -0.1) is 0 Å². The van der Waals surface area contributed by atoms with Crippen molar-refractivity contribution in [1.82, 2.24) is 4.90 Å². The molecule has 1 saturated heterocycles. The first-order valence-electron chi connectivity index (χ1n) is 6.52. The fourth-order valence-electron chi connectivity index (χ4n) is 2.40. The molecule has 0 bridgehead atoms. The lowest BCUT2D eigenvalue weighted by atomic mass is 9.84. The molecule has 5 nitrogen and oxygen atoms in total. The lowest BCUT2D eigenvalue weighted by Gasteiger charge is -2.23. The van der Waals surface area contributed by atoms with Crippen molar-refractivity contribution in [3.63, 3.8) is 0 Å². The van der Waals surface area contributed by atoms with Gasteiger partial charge in [0.15, 0.2) is 0 Å². The molecular weight excluding hydrogens is 371 g/mol.